The number of amidine groups is 1. The highest BCUT2D eigenvalue weighted by atomic mass is 32.1. The van der Waals surface area contributed by atoms with Crippen LogP contribution in [0.3, 0.4) is 0 Å². The van der Waals surface area contributed by atoms with Crippen LogP contribution in [-0.2, 0) is 0 Å². The summed E-state index contributed by atoms with van der Waals surface area (Å²) in [4.78, 5) is 47.1. The number of amides is 2. The third-order valence-electron chi connectivity index (χ3n) is 10.7. The number of hydrogen-bond acceptors (Lipinski definition) is 7. The number of hydrogen-bond donors (Lipinski definition) is 3. The lowest BCUT2D eigenvalue weighted by molar-refractivity contribution is 0.0975. The van der Waals surface area contributed by atoms with Crippen molar-refractivity contribution in [1.82, 2.24) is 20.3 Å². The molecule has 2 amide bonds. The van der Waals surface area contributed by atoms with Crippen molar-refractivity contribution in [3.05, 3.63) is 203 Å². The van der Waals surface area contributed by atoms with Gasteiger partial charge in [-0.15, -0.1) is 11.3 Å². The molecule has 10 rings (SSSR count). The lowest BCUT2D eigenvalue weighted by Crippen LogP contribution is -2.31. The molecule has 9 aromatic rings. The summed E-state index contributed by atoms with van der Waals surface area (Å²) < 4.78 is 7.47. The quantitative estimate of drug-likeness (QED) is 0.141. The smallest absolute Gasteiger partial charge is 0.257 e. The maximum atomic E-state index is 14.1. The Hall–Kier alpha value is -7.95. The zero-order valence-electron chi connectivity index (χ0n) is 33.1. The Balaban J connectivity index is 1.24. The van der Waals surface area contributed by atoms with Gasteiger partial charge in [0, 0.05) is 22.3 Å². The van der Waals surface area contributed by atoms with Crippen LogP contribution in [0.1, 0.15) is 49.0 Å². The van der Waals surface area contributed by atoms with Crippen LogP contribution in [0.4, 0.5) is 5.82 Å². The number of anilines is 1. The highest BCUT2D eigenvalue weighted by molar-refractivity contribution is 7.21. The minimum atomic E-state index is -0.316. The topological polar surface area (TPSA) is 125 Å². The first-order chi connectivity index (χ1) is 29.9. The van der Waals surface area contributed by atoms with Gasteiger partial charge < -0.3 is 20.0 Å². The van der Waals surface area contributed by atoms with Gasteiger partial charge in [0.15, 0.2) is 5.58 Å². The van der Waals surface area contributed by atoms with Crippen molar-refractivity contribution in [2.75, 3.05) is 5.32 Å². The molecule has 0 aliphatic carbocycles. The molecule has 1 aliphatic heterocycles. The molecule has 0 saturated heterocycles. The first-order valence-electron chi connectivity index (χ1n) is 19.8. The molecule has 4 heterocycles. The molecule has 0 unspecified atom stereocenters. The average Bonchev–Trinajstić information content (AvgIpc) is 4.07. The molecule has 294 valence electrons. The molecular formula is C51H36N6O3S. The number of nitrogens with zero attached hydrogens (tertiary/aromatic N) is 3. The van der Waals surface area contributed by atoms with Crippen LogP contribution in [-0.4, -0.2) is 32.6 Å². The molecular weight excluding hydrogens is 777 g/mol. The maximum Gasteiger partial charge on any atom is 0.257 e. The molecule has 0 radical (unpaired) electrons. The molecule has 6 aromatic carbocycles. The Morgan fingerprint density at radius 1 is 0.607 bits per heavy atom. The number of rotatable bonds is 8. The summed E-state index contributed by atoms with van der Waals surface area (Å²) in [7, 11) is 0. The molecule has 0 bridgehead atoms. The van der Waals surface area contributed by atoms with Gasteiger partial charge in [0.25, 0.3) is 11.8 Å². The van der Waals surface area contributed by atoms with Crippen molar-refractivity contribution in [2.45, 2.75) is 13.8 Å². The molecule has 3 N–H and O–H groups in total. The second-order valence-electron chi connectivity index (χ2n) is 14.6. The van der Waals surface area contributed by atoms with E-state index in [1.165, 1.54) is 0 Å². The van der Waals surface area contributed by atoms with Gasteiger partial charge in [-0.05, 0) is 78.6 Å². The second kappa shape index (κ2) is 15.7. The van der Waals surface area contributed by atoms with Gasteiger partial charge in [0.1, 0.15) is 22.2 Å². The number of aryl methyl sites for hydroxylation is 2. The number of carbonyl (C=O) groups excluding carboxylic acids is 2. The fourth-order valence-corrected chi connectivity index (χ4v) is 8.75. The van der Waals surface area contributed by atoms with Crippen molar-refractivity contribution in [1.29, 1.82) is 0 Å². The summed E-state index contributed by atoms with van der Waals surface area (Å²) in [5.74, 6) is 0.505. The minimum Gasteiger partial charge on any atom is -0.436 e. The SMILES string of the molecule is Cc1ccccc1C(=O)NC1=NC(=Cc2[nH]c(NC(=O)c3ccccc3C)c(-c3nc4ccccc4s3)c2-c2ccccc2)C(c2ccccc2)=C1c1nc2ccccc2o1. The van der Waals surface area contributed by atoms with Crippen LogP contribution in [0, 0.1) is 13.8 Å². The molecule has 10 heteroatoms. The van der Waals surface area contributed by atoms with Gasteiger partial charge in [-0.1, -0.05) is 121 Å². The van der Waals surface area contributed by atoms with Crippen molar-refractivity contribution in [3.8, 4) is 21.7 Å². The second-order valence-corrected chi connectivity index (χ2v) is 15.7. The van der Waals surface area contributed by atoms with E-state index in [1.54, 1.807) is 17.4 Å². The Bertz CT molecular complexity index is 3200. The van der Waals surface area contributed by atoms with Gasteiger partial charge in [0.2, 0.25) is 5.89 Å². The van der Waals surface area contributed by atoms with Crippen LogP contribution in [0.5, 0.6) is 0 Å². The zero-order chi connectivity index (χ0) is 41.5. The predicted octanol–water partition coefficient (Wildman–Crippen LogP) is 11.8. The first-order valence-corrected chi connectivity index (χ1v) is 20.6. The number of aromatic nitrogens is 3. The summed E-state index contributed by atoms with van der Waals surface area (Å²) in [5.41, 5.74) is 10.6. The number of aromatic amines is 1. The number of H-pyrrole nitrogens is 1. The normalized spacial score (nSPS) is 13.3. The summed E-state index contributed by atoms with van der Waals surface area (Å²) in [5, 5.41) is 7.09. The van der Waals surface area contributed by atoms with E-state index in [4.69, 9.17) is 19.4 Å². The van der Waals surface area contributed by atoms with E-state index in [9.17, 15) is 9.59 Å². The number of aliphatic imine (C=N–C) groups is 1. The van der Waals surface area contributed by atoms with E-state index in [2.05, 4.69) is 15.6 Å². The molecule has 61 heavy (non-hydrogen) atoms. The van der Waals surface area contributed by atoms with E-state index in [-0.39, 0.29) is 17.6 Å². The van der Waals surface area contributed by atoms with E-state index in [0.717, 1.165) is 48.6 Å². The zero-order valence-corrected chi connectivity index (χ0v) is 33.9. The van der Waals surface area contributed by atoms with Crippen LogP contribution >= 0.6 is 11.3 Å². The molecule has 3 aromatic heterocycles. The number of benzene rings is 6. The number of oxazole rings is 1. The van der Waals surface area contributed by atoms with Crippen LogP contribution in [0.15, 0.2) is 173 Å². The van der Waals surface area contributed by atoms with Crippen molar-refractivity contribution < 1.29 is 14.0 Å². The largest absolute Gasteiger partial charge is 0.436 e. The number of nitrogens with one attached hydrogen (secondary N) is 3. The van der Waals surface area contributed by atoms with E-state index in [1.807, 2.05) is 172 Å². The third kappa shape index (κ3) is 7.04. The number of allylic oxidation sites excluding steroid dienone is 1. The first kappa shape index (κ1) is 37.3. The van der Waals surface area contributed by atoms with Crippen molar-refractivity contribution >= 4 is 73.3 Å². The fourth-order valence-electron chi connectivity index (χ4n) is 7.72. The molecule has 0 atom stereocenters. The number of thiazole rings is 1. The lowest BCUT2D eigenvalue weighted by atomic mass is 9.96. The molecule has 1 aliphatic rings. The predicted molar refractivity (Wildman–Crippen MR) is 245 cm³/mol. The van der Waals surface area contributed by atoms with Crippen LogP contribution in [0.25, 0.3) is 60.2 Å². The fraction of sp³-hybridized carbons (Fsp3) is 0.0392. The third-order valence-corrected chi connectivity index (χ3v) is 11.7. The van der Waals surface area contributed by atoms with Gasteiger partial charge in [-0.2, -0.15) is 0 Å². The van der Waals surface area contributed by atoms with Gasteiger partial charge in [-0.3, -0.25) is 9.59 Å². The van der Waals surface area contributed by atoms with E-state index in [0.29, 0.717) is 56.5 Å². The maximum absolute atomic E-state index is 14.1. The standard InChI is InChI=1S/C51H36N6O3S/c1-30-17-9-11-23-34(30)48(58)56-46-44(50-54-36-25-13-15-27-40(36)60-50)42(32-19-5-3-6-20-32)38(52-46)29-39-43(33-21-7-4-8-22-33)45(51-55-37-26-14-16-28-41(37)61-51)47(53-39)57-49(59)35-24-12-10-18-31(35)2/h3-29,53H,1-2H3,(H,57,59)(H,52,56,58). The van der Waals surface area contributed by atoms with Gasteiger partial charge in [0.05, 0.1) is 32.7 Å². The number of carbonyl (C=O) groups is 2. The van der Waals surface area contributed by atoms with E-state index >= 15 is 0 Å². The number of para-hydroxylation sites is 3. The van der Waals surface area contributed by atoms with Crippen LogP contribution in [0.2, 0.25) is 0 Å². The Morgan fingerprint density at radius 2 is 1.20 bits per heavy atom. The summed E-state index contributed by atoms with van der Waals surface area (Å²) >= 11 is 1.55. The van der Waals surface area contributed by atoms with Gasteiger partial charge in [-0.25, -0.2) is 15.0 Å². The highest BCUT2D eigenvalue weighted by Gasteiger charge is 2.33. The van der Waals surface area contributed by atoms with Crippen molar-refractivity contribution in [2.24, 2.45) is 4.99 Å². The Labute approximate surface area is 354 Å². The monoisotopic (exact) mass is 812 g/mol. The minimum absolute atomic E-state index is 0.260. The van der Waals surface area contributed by atoms with Crippen LogP contribution < -0.4 is 10.6 Å². The summed E-state index contributed by atoms with van der Waals surface area (Å²) in [6, 6.07) is 50.4. The average molecular weight is 813 g/mol. The highest BCUT2D eigenvalue weighted by Crippen LogP contribution is 2.46. The molecule has 0 saturated carbocycles. The summed E-state index contributed by atoms with van der Waals surface area (Å²) in [6.45, 7) is 3.82. The van der Waals surface area contributed by atoms with Gasteiger partial charge >= 0.3 is 0 Å². The molecule has 0 spiro atoms. The Morgan fingerprint density at radius 3 is 1.87 bits per heavy atom. The molecule has 9 nitrogen and oxygen atoms in total. The van der Waals surface area contributed by atoms with E-state index < -0.39 is 0 Å². The summed E-state index contributed by atoms with van der Waals surface area (Å²) in [6.07, 6.45) is 1.96. The Kier molecular flexibility index (Phi) is 9.59. The lowest BCUT2D eigenvalue weighted by Gasteiger charge is -2.10. The molecule has 0 fully saturated rings. The van der Waals surface area contributed by atoms with Crippen molar-refractivity contribution in [3.63, 3.8) is 0 Å². The number of fused-ring (bicyclic) bond motifs is 2.